The van der Waals surface area contributed by atoms with E-state index in [0.717, 1.165) is 64.2 Å². The molecule has 0 aromatic rings. The Labute approximate surface area is 516 Å². The standard InChI is InChI=1S/C65H117N11O10/c1-19-20-21-22-23-24-26-47(68-57(82)51-27-25-30-76(51)61(86)65-36-43(8)34-46(38-65)35-44(9)37-65)53(78)69-49(32-41(4)5)55(80)72-63(13,14)59(84)71-48(31-40(2)3)54(79)70-50(33-42(6)7)56(81)73-64(15,16)60(85)74-62(11,12)58(83)66-29-28-52(77)67-45(10)39-75(17)18/h40-51H,19-39H2,1-18H3,(H,66,83)(H,67,77)(H,68,82)(H,69,78)(H,70,79)(H,71,84)(H,72,80)(H,73,81)(H,74,85)/t43?,44?,45-,46?,47-,48-,49-,50-,51-,65?/m0/s1. The fourth-order valence-electron chi connectivity index (χ4n) is 13.1. The summed E-state index contributed by atoms with van der Waals surface area (Å²) in [7, 11) is 3.80. The molecule has 9 N–H and O–H groups in total. The molecule has 2 bridgehead atoms. The number of nitrogens with zero attached hydrogens (tertiary/aromatic N) is 2. The van der Waals surface area contributed by atoms with Gasteiger partial charge in [0.05, 0.1) is 5.41 Å². The van der Waals surface area contributed by atoms with Crippen molar-refractivity contribution < 1.29 is 47.9 Å². The van der Waals surface area contributed by atoms with Crippen molar-refractivity contribution in [1.82, 2.24) is 57.7 Å². The smallest absolute Gasteiger partial charge is 0.246 e. The highest BCUT2D eigenvalue weighted by Gasteiger charge is 2.53. The van der Waals surface area contributed by atoms with Crippen LogP contribution in [0.2, 0.25) is 0 Å². The number of hydrogen-bond acceptors (Lipinski definition) is 11. The van der Waals surface area contributed by atoms with Gasteiger partial charge in [-0.3, -0.25) is 47.9 Å². The normalized spacial score (nSPS) is 21.6. The molecule has 10 amide bonds. The molecule has 0 radical (unpaired) electrons. The molecule has 2 saturated carbocycles. The van der Waals surface area contributed by atoms with Gasteiger partial charge in [-0.15, -0.1) is 0 Å². The minimum Gasteiger partial charge on any atom is -0.354 e. The van der Waals surface area contributed by atoms with Gasteiger partial charge >= 0.3 is 0 Å². The molecule has 0 aromatic heterocycles. The third-order valence-electron chi connectivity index (χ3n) is 17.1. The van der Waals surface area contributed by atoms with Crippen molar-refractivity contribution in [2.24, 2.45) is 40.9 Å². The lowest BCUT2D eigenvalue weighted by atomic mass is 9.56. The molecule has 0 aromatic carbocycles. The predicted octanol–water partition coefficient (Wildman–Crippen LogP) is 5.92. The molecule has 1 saturated heterocycles. The Balaban J connectivity index is 1.75. The minimum atomic E-state index is -1.63. The first-order valence-electron chi connectivity index (χ1n) is 32.6. The molecule has 1 heterocycles. The number of carbonyl (C=O) groups excluding carboxylic acids is 10. The Kier molecular flexibility index (Phi) is 29.5. The topological polar surface area (TPSA) is 285 Å². The van der Waals surface area contributed by atoms with Gasteiger partial charge in [0.25, 0.3) is 0 Å². The number of nitrogens with one attached hydrogen (secondary N) is 9. The van der Waals surface area contributed by atoms with Crippen molar-refractivity contribution >= 4 is 59.1 Å². The summed E-state index contributed by atoms with van der Waals surface area (Å²) >= 11 is 0. The summed E-state index contributed by atoms with van der Waals surface area (Å²) in [6.07, 6.45) is 12.6. The number of hydrogen-bond donors (Lipinski definition) is 9. The number of unbranched alkanes of at least 4 members (excludes halogenated alkanes) is 5. The highest BCUT2D eigenvalue weighted by molar-refractivity contribution is 6.00. The van der Waals surface area contributed by atoms with Gasteiger partial charge in [0.2, 0.25) is 59.1 Å². The maximum absolute atomic E-state index is 14.7. The van der Waals surface area contributed by atoms with Gasteiger partial charge in [-0.2, -0.15) is 0 Å². The maximum atomic E-state index is 14.7. The molecule has 8 atom stereocenters. The third kappa shape index (κ3) is 24.0. The van der Waals surface area contributed by atoms with E-state index >= 15 is 0 Å². The summed E-state index contributed by atoms with van der Waals surface area (Å²) in [6, 6.07) is -5.20. The Morgan fingerprint density at radius 3 is 1.55 bits per heavy atom. The molecule has 2 unspecified atom stereocenters. The van der Waals surface area contributed by atoms with Gasteiger partial charge in [0, 0.05) is 32.1 Å². The van der Waals surface area contributed by atoms with Crippen molar-refractivity contribution in [2.45, 2.75) is 279 Å². The fraction of sp³-hybridized carbons (Fsp3) is 0.846. The van der Waals surface area contributed by atoms with Crippen LogP contribution < -0.4 is 47.9 Å². The predicted molar refractivity (Wildman–Crippen MR) is 337 cm³/mol. The molecule has 3 rings (SSSR count). The van der Waals surface area contributed by atoms with Gasteiger partial charge in [0.1, 0.15) is 46.8 Å². The summed E-state index contributed by atoms with van der Waals surface area (Å²) in [5.74, 6) is -3.88. The quantitative estimate of drug-likeness (QED) is 0.0336. The lowest BCUT2D eigenvalue weighted by Gasteiger charge is -2.50. The molecule has 3 fully saturated rings. The molecule has 21 heteroatoms. The van der Waals surface area contributed by atoms with Crippen LogP contribution in [0.5, 0.6) is 0 Å². The number of likely N-dealkylation sites (tertiary alicyclic amines) is 1. The zero-order valence-electron chi connectivity index (χ0n) is 56.3. The Morgan fingerprint density at radius 1 is 0.558 bits per heavy atom. The van der Waals surface area contributed by atoms with Gasteiger partial charge < -0.3 is 57.7 Å². The van der Waals surface area contributed by atoms with Gasteiger partial charge in [-0.25, -0.2) is 0 Å². The highest BCUT2D eigenvalue weighted by atomic mass is 16.2. The van der Waals surface area contributed by atoms with Gasteiger partial charge in [-0.05, 0) is 169 Å². The number of rotatable bonds is 35. The molecule has 2 aliphatic carbocycles. The number of likely N-dealkylation sites (N-methyl/N-ethyl adjacent to an activating group) is 1. The van der Waals surface area contributed by atoms with Crippen LogP contribution in [-0.2, 0) is 47.9 Å². The van der Waals surface area contributed by atoms with Crippen molar-refractivity contribution in [3.63, 3.8) is 0 Å². The van der Waals surface area contributed by atoms with E-state index in [1.54, 1.807) is 4.90 Å². The summed E-state index contributed by atoms with van der Waals surface area (Å²) in [5.41, 5.74) is -5.13. The van der Waals surface area contributed by atoms with Crippen LogP contribution in [0.15, 0.2) is 0 Å². The van der Waals surface area contributed by atoms with Crippen LogP contribution in [0, 0.1) is 40.9 Å². The van der Waals surface area contributed by atoms with E-state index in [0.29, 0.717) is 56.5 Å². The summed E-state index contributed by atoms with van der Waals surface area (Å²) < 4.78 is 0. The van der Waals surface area contributed by atoms with E-state index in [1.165, 1.54) is 41.5 Å². The minimum absolute atomic E-state index is 0.0317. The van der Waals surface area contributed by atoms with Crippen molar-refractivity contribution in [3.8, 4) is 0 Å². The largest absolute Gasteiger partial charge is 0.354 e. The van der Waals surface area contributed by atoms with Crippen LogP contribution in [0.3, 0.4) is 0 Å². The Morgan fingerprint density at radius 2 is 1.03 bits per heavy atom. The Bertz CT molecular complexity index is 2280. The van der Waals surface area contributed by atoms with Gasteiger partial charge in [-0.1, -0.05) is 101 Å². The zero-order chi connectivity index (χ0) is 65.1. The molecule has 21 nitrogen and oxygen atoms in total. The second-order valence-electron chi connectivity index (χ2n) is 29.3. The van der Waals surface area contributed by atoms with Gasteiger partial charge in [0.15, 0.2) is 0 Å². The number of carbonyl (C=O) groups is 10. The van der Waals surface area contributed by atoms with E-state index in [2.05, 4.69) is 68.6 Å². The molecular formula is C65H117N11O10. The summed E-state index contributed by atoms with van der Waals surface area (Å²) in [5, 5.41) is 25.5. The first-order chi connectivity index (χ1) is 39.9. The first-order valence-corrected chi connectivity index (χ1v) is 32.6. The monoisotopic (exact) mass is 1210 g/mol. The molecule has 492 valence electrons. The van der Waals surface area contributed by atoms with E-state index in [1.807, 2.05) is 67.5 Å². The zero-order valence-corrected chi connectivity index (χ0v) is 56.3. The second-order valence-corrected chi connectivity index (χ2v) is 29.3. The summed E-state index contributed by atoms with van der Waals surface area (Å²) in [6.45, 7) is 29.9. The average molecular weight is 1210 g/mol. The lowest BCUT2D eigenvalue weighted by Crippen LogP contribution is -2.65. The van der Waals surface area contributed by atoms with E-state index in [-0.39, 0.29) is 73.7 Å². The molecule has 3 aliphatic rings. The third-order valence-corrected chi connectivity index (χ3v) is 17.1. The SMILES string of the molecule is CCCCCCCC[C@H](NC(=O)[C@@H]1CCCN1C(=O)C12CC(C)CC(CC(C)C1)C2)C(=O)N[C@@H](CC(C)C)C(=O)NC(C)(C)C(=O)N[C@@H](CC(C)C)C(=O)N[C@@H](CC(C)C)C(=O)NC(C)(C)C(=O)NC(C)(C)C(=O)NCCC(=O)N[C@@H](C)CN(C)C. The van der Waals surface area contributed by atoms with E-state index < -0.39 is 93.6 Å². The van der Waals surface area contributed by atoms with Crippen LogP contribution >= 0.6 is 0 Å². The second kappa shape index (κ2) is 33.9. The molecule has 1 aliphatic heterocycles. The van der Waals surface area contributed by atoms with Crippen LogP contribution in [0.1, 0.15) is 226 Å². The Hall–Kier alpha value is -5.34. The number of amides is 10. The fourth-order valence-corrected chi connectivity index (χ4v) is 13.1. The van der Waals surface area contributed by atoms with E-state index in [4.69, 9.17) is 0 Å². The first kappa shape index (κ1) is 74.9. The molecular weight excluding hydrogens is 1090 g/mol. The summed E-state index contributed by atoms with van der Waals surface area (Å²) in [4.78, 5) is 144. The van der Waals surface area contributed by atoms with Crippen LogP contribution in [0.4, 0.5) is 0 Å². The van der Waals surface area contributed by atoms with E-state index in [9.17, 15) is 47.9 Å². The maximum Gasteiger partial charge on any atom is 0.246 e. The number of fused-ring (bicyclic) bond motifs is 2. The molecule has 86 heavy (non-hydrogen) atoms. The van der Waals surface area contributed by atoms with Crippen molar-refractivity contribution in [1.29, 1.82) is 0 Å². The highest BCUT2D eigenvalue weighted by Crippen LogP contribution is 2.54. The van der Waals surface area contributed by atoms with Crippen LogP contribution in [0.25, 0.3) is 0 Å². The average Bonchev–Trinajstić information content (AvgIpc) is 3.37. The lowest BCUT2D eigenvalue weighted by molar-refractivity contribution is -0.155. The van der Waals surface area contributed by atoms with Crippen molar-refractivity contribution in [3.05, 3.63) is 0 Å². The van der Waals surface area contributed by atoms with Crippen LogP contribution in [-0.4, -0.2) is 155 Å². The molecule has 0 spiro atoms. The van der Waals surface area contributed by atoms with Crippen molar-refractivity contribution in [2.75, 3.05) is 33.7 Å².